The fourth-order valence-corrected chi connectivity index (χ4v) is 10.8. The van der Waals surface area contributed by atoms with Gasteiger partial charge in [0.1, 0.15) is 23.9 Å². The molecule has 7 rings (SSSR count). The molecule has 16 nitrogen and oxygen atoms in total. The zero-order valence-corrected chi connectivity index (χ0v) is 42.9. The van der Waals surface area contributed by atoms with E-state index in [9.17, 15) is 33.9 Å². The number of anilines is 1. The lowest BCUT2D eigenvalue weighted by atomic mass is 9.85. The van der Waals surface area contributed by atoms with Crippen LogP contribution in [-0.4, -0.2) is 99.4 Å². The number of rotatable bonds is 20. The van der Waals surface area contributed by atoms with Crippen LogP contribution in [0.1, 0.15) is 119 Å². The van der Waals surface area contributed by atoms with Crippen molar-refractivity contribution in [1.29, 1.82) is 0 Å². The van der Waals surface area contributed by atoms with Gasteiger partial charge in [0, 0.05) is 32.2 Å². The number of nitrogens with two attached hydrogens (primary N) is 2. The predicted octanol–water partition coefficient (Wildman–Crippen LogP) is 5.23. The molecule has 0 spiro atoms. The van der Waals surface area contributed by atoms with Gasteiger partial charge in [-0.2, -0.15) is 0 Å². The molecule has 1 fully saturated rings. The molecule has 386 valence electrons. The molecule has 3 aliphatic rings. The number of nitrogens with zero attached hydrogens (tertiary/aromatic N) is 3. The number of amides is 6. The number of nitrogens with one attached hydrogen (secondary N) is 3. The number of aliphatic hydroxyl groups excluding tert-OH is 1. The van der Waals surface area contributed by atoms with Crippen LogP contribution in [0.3, 0.4) is 0 Å². The van der Waals surface area contributed by atoms with E-state index in [-0.39, 0.29) is 56.7 Å². The number of halogens is 1. The Morgan fingerprint density at radius 3 is 2.36 bits per heavy atom. The summed E-state index contributed by atoms with van der Waals surface area (Å²) in [5.74, 6) is -2.89. The van der Waals surface area contributed by atoms with Crippen molar-refractivity contribution >= 4 is 52.5 Å². The first-order valence-corrected chi connectivity index (χ1v) is 25.8. The molecule has 0 saturated carbocycles. The van der Waals surface area contributed by atoms with E-state index in [4.69, 9.17) is 16.2 Å². The van der Waals surface area contributed by atoms with Crippen LogP contribution in [-0.2, 0) is 59.4 Å². The summed E-state index contributed by atoms with van der Waals surface area (Å²) < 4.78 is 21.6. The summed E-state index contributed by atoms with van der Waals surface area (Å²) in [5, 5.41) is 19.6. The van der Waals surface area contributed by atoms with Gasteiger partial charge in [0.2, 0.25) is 35.4 Å². The molecule has 0 bridgehead atoms. The van der Waals surface area contributed by atoms with Gasteiger partial charge in [-0.1, -0.05) is 75.4 Å². The smallest absolute Gasteiger partial charge is 0.246 e. The summed E-state index contributed by atoms with van der Waals surface area (Å²) in [5.41, 5.74) is 19.3. The molecule has 6 amide bonds. The van der Waals surface area contributed by atoms with Crippen LogP contribution < -0.4 is 32.3 Å². The van der Waals surface area contributed by atoms with Crippen molar-refractivity contribution in [3.63, 3.8) is 0 Å². The Balaban J connectivity index is 0.883. The fraction of sp³-hybridized carbons (Fsp3) is 0.500. The van der Waals surface area contributed by atoms with E-state index >= 15 is 4.39 Å². The molecule has 18 heteroatoms. The maximum atomic E-state index is 15.5. The van der Waals surface area contributed by atoms with Crippen LogP contribution in [0.5, 0.6) is 0 Å². The molecule has 3 aliphatic heterocycles. The van der Waals surface area contributed by atoms with Crippen molar-refractivity contribution in [1.82, 2.24) is 25.8 Å². The van der Waals surface area contributed by atoms with Crippen LogP contribution >= 0.6 is 11.3 Å². The Hall–Kier alpha value is -6.08. The maximum Gasteiger partial charge on any atom is 0.246 e. The van der Waals surface area contributed by atoms with Gasteiger partial charge in [-0.3, -0.25) is 33.7 Å². The Labute approximate surface area is 424 Å². The third kappa shape index (κ3) is 12.7. The van der Waals surface area contributed by atoms with Gasteiger partial charge >= 0.3 is 0 Å². The molecule has 0 unspecified atom stereocenters. The number of thiazole rings is 1. The van der Waals surface area contributed by atoms with Crippen molar-refractivity contribution in [2.24, 2.45) is 16.9 Å². The summed E-state index contributed by atoms with van der Waals surface area (Å²) >= 11 is 1.56. The zero-order valence-electron chi connectivity index (χ0n) is 42.0. The molecule has 8 atom stereocenters. The number of aryl methyl sites for hydroxylation is 3. The number of benzene rings is 3. The topological polar surface area (TPSA) is 239 Å². The van der Waals surface area contributed by atoms with Gasteiger partial charge in [0.05, 0.1) is 58.7 Å². The number of aromatic nitrogens is 1. The normalized spacial score (nSPS) is 20.3. The number of primary amides is 1. The van der Waals surface area contributed by atoms with E-state index in [0.29, 0.717) is 49.7 Å². The second-order valence-electron chi connectivity index (χ2n) is 20.6. The van der Waals surface area contributed by atoms with Crippen LogP contribution in [0, 0.1) is 18.2 Å². The number of β-amino-alcohol motifs (C(OH)–C–C–N with tert-alkyl or cyclic N) is 1. The van der Waals surface area contributed by atoms with E-state index in [2.05, 4.69) is 20.9 Å². The Kier molecular flexibility index (Phi) is 17.3. The van der Waals surface area contributed by atoms with Crippen molar-refractivity contribution in [2.75, 3.05) is 11.4 Å². The Morgan fingerprint density at radius 1 is 0.958 bits per heavy atom. The van der Waals surface area contributed by atoms with Gasteiger partial charge in [-0.15, -0.1) is 11.3 Å². The monoisotopic (exact) mass is 1010 g/mol. The molecule has 1 aromatic heterocycles. The van der Waals surface area contributed by atoms with Crippen molar-refractivity contribution in [3.8, 4) is 10.4 Å². The van der Waals surface area contributed by atoms with E-state index in [0.717, 1.165) is 38.5 Å². The third-order valence-electron chi connectivity index (χ3n) is 14.1. The molecule has 1 saturated heterocycles. The highest BCUT2D eigenvalue weighted by Gasteiger charge is 2.46. The predicted molar refractivity (Wildman–Crippen MR) is 273 cm³/mol. The van der Waals surface area contributed by atoms with Gasteiger partial charge in [-0.05, 0) is 104 Å². The van der Waals surface area contributed by atoms with Gasteiger partial charge < -0.3 is 42.2 Å². The quantitative estimate of drug-likeness (QED) is 0.0631. The number of carbonyl (C=O) groups is 6. The number of hydrogen-bond acceptors (Lipinski definition) is 11. The Bertz CT molecular complexity index is 2640. The summed E-state index contributed by atoms with van der Waals surface area (Å²) in [6.07, 6.45) is 1.48. The SMILES string of the molecule is Cc1ncsc1-c1ccc([C@H](C)NC(=O)[C@@H]2C[C@@H](O)CN2C(=O)[C@@H](NC(=O)CCCCc2ccc(CO[C@H](C)[C@H](CCC(N)=O)NC(=O)[C@@H]3Cc4cccc5c4N3C(=O)[C@@H](N)CC5)cc2F)C(C)(C)C)cc1. The molecule has 0 radical (unpaired) electrons. The van der Waals surface area contributed by atoms with E-state index in [1.54, 1.807) is 35.9 Å². The van der Waals surface area contributed by atoms with E-state index in [1.165, 1.54) is 15.9 Å². The second kappa shape index (κ2) is 23.2. The first kappa shape index (κ1) is 53.7. The lowest BCUT2D eigenvalue weighted by Crippen LogP contribution is -2.57. The first-order valence-electron chi connectivity index (χ1n) is 25.0. The average molecular weight is 1010 g/mol. The summed E-state index contributed by atoms with van der Waals surface area (Å²) in [7, 11) is 0. The Morgan fingerprint density at radius 2 is 1.68 bits per heavy atom. The van der Waals surface area contributed by atoms with E-state index in [1.807, 2.05) is 77.1 Å². The highest BCUT2D eigenvalue weighted by molar-refractivity contribution is 7.13. The number of unbranched alkanes of at least 4 members (excludes halogenated alkanes) is 1. The average Bonchev–Trinajstić information content (AvgIpc) is 4.06. The van der Waals surface area contributed by atoms with Gasteiger partial charge in [-0.25, -0.2) is 9.37 Å². The van der Waals surface area contributed by atoms with Gasteiger partial charge in [0.15, 0.2) is 0 Å². The molecular weight excluding hydrogens is 940 g/mol. The third-order valence-corrected chi connectivity index (χ3v) is 15.1. The molecule has 4 aromatic rings. The first-order chi connectivity index (χ1) is 34.2. The number of likely N-dealkylation sites (tertiary alicyclic amines) is 1. The molecule has 0 aliphatic carbocycles. The summed E-state index contributed by atoms with van der Waals surface area (Å²) in [6, 6.07) is 14.0. The van der Waals surface area contributed by atoms with Crippen LogP contribution in [0.25, 0.3) is 10.4 Å². The van der Waals surface area contributed by atoms with Crippen molar-refractivity contribution in [3.05, 3.63) is 106 Å². The molecule has 4 heterocycles. The lowest BCUT2D eigenvalue weighted by molar-refractivity contribution is -0.144. The second-order valence-corrected chi connectivity index (χ2v) is 21.5. The summed E-state index contributed by atoms with van der Waals surface area (Å²) in [4.78, 5) is 88.7. The van der Waals surface area contributed by atoms with Gasteiger partial charge in [0.25, 0.3) is 0 Å². The van der Waals surface area contributed by atoms with Crippen LogP contribution in [0.15, 0.2) is 66.2 Å². The largest absolute Gasteiger partial charge is 0.391 e. The molecule has 72 heavy (non-hydrogen) atoms. The molecular formula is C54H69FN8O8S. The number of aliphatic hydroxyl groups is 1. The molecule has 8 N–H and O–H groups in total. The number of ether oxygens (including phenoxy) is 1. The van der Waals surface area contributed by atoms with E-state index < -0.39 is 77.3 Å². The minimum atomic E-state index is -0.978. The highest BCUT2D eigenvalue weighted by atomic mass is 32.1. The fourth-order valence-electron chi connectivity index (χ4n) is 9.94. The standard InChI is InChI=1S/C54H69FN8O8S/c1-30(34-16-18-37(19-17-34)48-31(2)58-29-72-48)59-50(67)43-26-39(64)27-62(43)53(70)49(54(4,5)6)61-46(66)13-8-7-10-35-15-14-33(24-40(35)55)28-71-32(3)42(22-23-45(57)65)60-51(68)44-25-38-12-9-11-36-20-21-41(56)52(69)63(44)47(36)38/h9,11-12,14-19,24,29-30,32,39,41-44,49,64H,7-8,10,13,20-23,25-28,56H2,1-6H3,(H2,57,65)(H,59,67)(H,60,68)(H,61,66)/t30-,32+,39+,41-,42-,43-,44-,49+/m0/s1. The number of carbonyl (C=O) groups excluding carboxylic acids is 6. The number of hydrogen-bond donors (Lipinski definition) is 6. The summed E-state index contributed by atoms with van der Waals surface area (Å²) in [6.45, 7) is 11.0. The lowest BCUT2D eigenvalue weighted by Gasteiger charge is -2.35. The molecule has 3 aromatic carbocycles. The minimum Gasteiger partial charge on any atom is -0.391 e. The van der Waals surface area contributed by atoms with Crippen LogP contribution in [0.2, 0.25) is 0 Å². The highest BCUT2D eigenvalue weighted by Crippen LogP contribution is 2.39. The van der Waals surface area contributed by atoms with Crippen molar-refractivity contribution < 1.29 is 43.0 Å². The zero-order chi connectivity index (χ0) is 52.0. The van der Waals surface area contributed by atoms with Crippen molar-refractivity contribution in [2.45, 2.75) is 161 Å². The van der Waals surface area contributed by atoms with Crippen LogP contribution in [0.4, 0.5) is 10.1 Å². The maximum absolute atomic E-state index is 15.5. The number of para-hydroxylation sites is 1. The minimum absolute atomic E-state index is 0.0108.